The van der Waals surface area contributed by atoms with Gasteiger partial charge in [0.1, 0.15) is 35.9 Å². The lowest BCUT2D eigenvalue weighted by Gasteiger charge is -2.40. The lowest BCUT2D eigenvalue weighted by Crippen LogP contribution is -2.62. The van der Waals surface area contributed by atoms with Crippen molar-refractivity contribution < 1.29 is 39.9 Å². The highest BCUT2D eigenvalue weighted by atomic mass is 35.5. The fourth-order valence-corrected chi connectivity index (χ4v) is 7.37. The summed E-state index contributed by atoms with van der Waals surface area (Å²) in [4.78, 5) is 44.6. The summed E-state index contributed by atoms with van der Waals surface area (Å²) in [5.41, 5.74) is 6.70. The number of aliphatic hydroxyl groups excluding tert-OH is 3. The second-order valence-corrected chi connectivity index (χ2v) is 13.4. The van der Waals surface area contributed by atoms with Crippen molar-refractivity contribution in [1.82, 2.24) is 20.4 Å². The van der Waals surface area contributed by atoms with Crippen molar-refractivity contribution >= 4 is 35.3 Å². The molecular weight excluding hydrogens is 644 g/mol. The number of nitrogens with zero attached hydrogens (tertiary/aromatic N) is 2. The lowest BCUT2D eigenvalue weighted by atomic mass is 9.83. The van der Waals surface area contributed by atoms with E-state index in [9.17, 15) is 39.9 Å². The summed E-state index contributed by atoms with van der Waals surface area (Å²) in [6, 6.07) is 6.93. The third-order valence-corrected chi connectivity index (χ3v) is 9.97. The van der Waals surface area contributed by atoms with Gasteiger partial charge >= 0.3 is 0 Å². The number of halogens is 1. The van der Waals surface area contributed by atoms with Crippen molar-refractivity contribution in [3.05, 3.63) is 58.6 Å². The smallest absolute Gasteiger partial charge is 0.249 e. The summed E-state index contributed by atoms with van der Waals surface area (Å²) in [5, 5.41) is 65.1. The molecule has 2 aromatic carbocycles. The maximum atomic E-state index is 14.6. The topological polar surface area (TPSA) is 233 Å². The molecule has 5 rings (SSSR count). The van der Waals surface area contributed by atoms with E-state index < -0.39 is 60.3 Å². The number of piperidine rings is 1. The molecule has 260 valence electrons. The highest BCUT2D eigenvalue weighted by molar-refractivity contribution is 6.32. The normalized spacial score (nSPS) is 26.7. The molecule has 10 N–H and O–H groups in total. The van der Waals surface area contributed by atoms with Gasteiger partial charge in [0.15, 0.2) is 5.96 Å². The van der Waals surface area contributed by atoms with Crippen molar-refractivity contribution in [3.63, 3.8) is 0 Å². The van der Waals surface area contributed by atoms with Gasteiger partial charge in [-0.3, -0.25) is 19.8 Å². The van der Waals surface area contributed by atoms with E-state index >= 15 is 0 Å². The van der Waals surface area contributed by atoms with Crippen LogP contribution in [0, 0.1) is 11.3 Å². The van der Waals surface area contributed by atoms with Crippen LogP contribution in [-0.4, -0.2) is 108 Å². The number of nitrogens with two attached hydrogens (primary N) is 1. The summed E-state index contributed by atoms with van der Waals surface area (Å²) >= 11 is 5.99. The number of fused-ring (bicyclic) bond motifs is 1. The van der Waals surface area contributed by atoms with Gasteiger partial charge in [-0.25, -0.2) is 0 Å². The predicted octanol–water partition coefficient (Wildman–Crippen LogP) is 0.305. The number of carbonyl (C=O) groups is 3. The highest BCUT2D eigenvalue weighted by Gasteiger charge is 2.51. The second kappa shape index (κ2) is 15.0. The van der Waals surface area contributed by atoms with Crippen molar-refractivity contribution in [2.45, 2.75) is 94.0 Å². The van der Waals surface area contributed by atoms with Gasteiger partial charge in [-0.2, -0.15) is 0 Å². The molecule has 3 fully saturated rings. The van der Waals surface area contributed by atoms with Crippen molar-refractivity contribution in [2.75, 3.05) is 6.54 Å². The molecule has 0 spiro atoms. The lowest BCUT2D eigenvalue weighted by molar-refractivity contribution is -0.146. The Morgan fingerprint density at radius 3 is 2.40 bits per heavy atom. The van der Waals surface area contributed by atoms with Crippen molar-refractivity contribution in [3.8, 4) is 11.5 Å². The zero-order valence-corrected chi connectivity index (χ0v) is 27.1. The molecule has 1 saturated carbocycles. The molecule has 2 aliphatic heterocycles. The molecule has 0 radical (unpaired) electrons. The van der Waals surface area contributed by atoms with E-state index in [4.69, 9.17) is 22.7 Å². The predicted molar refractivity (Wildman–Crippen MR) is 175 cm³/mol. The zero-order chi connectivity index (χ0) is 34.7. The first-order valence-electron chi connectivity index (χ1n) is 16.2. The Hall–Kier alpha value is -4.11. The number of benzene rings is 2. The number of amides is 3. The number of aliphatic hydroxyl groups is 3. The van der Waals surface area contributed by atoms with Crippen LogP contribution in [0.5, 0.6) is 11.5 Å². The molecule has 3 amide bonds. The van der Waals surface area contributed by atoms with Crippen LogP contribution in [0.2, 0.25) is 5.02 Å². The SMILES string of the molecule is N=C(N)N1CCC[C@@H](NC(=O)C2C[C@@H]3CCC(O)C[C@@H]3N2C(=O)[C@@H](Cc2ccc(O)cc2)NC(=O)[C@H](O)Cc2ccc(O)c(Cl)c2)C1O. The molecule has 15 heteroatoms. The molecule has 2 heterocycles. The third-order valence-electron chi connectivity index (χ3n) is 9.67. The number of rotatable bonds is 9. The molecule has 3 unspecified atom stereocenters. The Balaban J connectivity index is 1.40. The minimum atomic E-state index is -1.58. The summed E-state index contributed by atoms with van der Waals surface area (Å²) in [7, 11) is 0. The quantitative estimate of drug-likeness (QED) is 0.129. The Labute approximate surface area is 283 Å². The standard InChI is InChI=1S/C33H43ClN6O8/c34-22-12-18(5-10-27(22)43)14-28(44)30(46)38-24(13-17-3-7-20(41)8-4-17)32(48)40-25-16-21(42)9-6-19(25)15-26(40)29(45)37-23-2-1-11-39(31(23)47)33(35)36/h3-5,7-8,10,12,19,21,23-26,28,31,41-44,47H,1-2,6,9,11,13-16H2,(H3,35,36)(H,37,45)(H,38,46)/t19-,21?,23+,24+,25-,26?,28+,31?/m0/s1. The molecule has 0 bridgehead atoms. The molecule has 1 aliphatic carbocycles. The summed E-state index contributed by atoms with van der Waals surface area (Å²) in [5.74, 6) is -2.46. The number of carbonyl (C=O) groups excluding carboxylic acids is 3. The summed E-state index contributed by atoms with van der Waals surface area (Å²) in [6.07, 6.45) is -0.982. The van der Waals surface area contributed by atoms with Gasteiger partial charge in [0.2, 0.25) is 17.7 Å². The maximum absolute atomic E-state index is 14.6. The fraction of sp³-hybridized carbons (Fsp3) is 0.515. The number of aromatic hydroxyl groups is 2. The number of likely N-dealkylation sites (tertiary alicyclic amines) is 2. The third kappa shape index (κ3) is 7.95. The molecule has 0 aromatic heterocycles. The van der Waals surface area contributed by atoms with Crippen LogP contribution >= 0.6 is 11.6 Å². The van der Waals surface area contributed by atoms with Gasteiger partial charge in [0.05, 0.1) is 17.2 Å². The zero-order valence-electron chi connectivity index (χ0n) is 26.3. The van der Waals surface area contributed by atoms with E-state index in [1.165, 1.54) is 40.1 Å². The van der Waals surface area contributed by atoms with E-state index in [1.54, 1.807) is 12.1 Å². The second-order valence-electron chi connectivity index (χ2n) is 13.0. The van der Waals surface area contributed by atoms with Gasteiger partial charge in [-0.15, -0.1) is 0 Å². The molecule has 2 aromatic rings. The van der Waals surface area contributed by atoms with Crippen LogP contribution in [0.3, 0.4) is 0 Å². The van der Waals surface area contributed by atoms with Crippen LogP contribution in [0.4, 0.5) is 0 Å². The van der Waals surface area contributed by atoms with Crippen LogP contribution in [-0.2, 0) is 27.2 Å². The number of hydrogen-bond acceptors (Lipinski definition) is 9. The van der Waals surface area contributed by atoms with Gasteiger partial charge in [0, 0.05) is 25.4 Å². The van der Waals surface area contributed by atoms with E-state index in [2.05, 4.69) is 10.6 Å². The van der Waals surface area contributed by atoms with Crippen LogP contribution < -0.4 is 16.4 Å². The minimum Gasteiger partial charge on any atom is -0.508 e. The first-order chi connectivity index (χ1) is 22.8. The van der Waals surface area contributed by atoms with E-state index in [0.29, 0.717) is 49.8 Å². The largest absolute Gasteiger partial charge is 0.508 e. The first kappa shape index (κ1) is 35.2. The maximum Gasteiger partial charge on any atom is 0.249 e. The molecule has 3 aliphatic rings. The number of phenols is 2. The monoisotopic (exact) mass is 686 g/mol. The number of hydrogen-bond donors (Lipinski definition) is 9. The summed E-state index contributed by atoms with van der Waals surface area (Å²) in [6.45, 7) is 0.364. The molecule has 2 saturated heterocycles. The van der Waals surface area contributed by atoms with Crippen molar-refractivity contribution in [2.24, 2.45) is 11.7 Å². The van der Waals surface area contributed by atoms with E-state index in [0.717, 1.165) is 0 Å². The average Bonchev–Trinajstić information content (AvgIpc) is 3.42. The van der Waals surface area contributed by atoms with Crippen LogP contribution in [0.25, 0.3) is 0 Å². The van der Waals surface area contributed by atoms with Gasteiger partial charge in [-0.05, 0) is 79.8 Å². The number of nitrogens with one attached hydrogen (secondary N) is 3. The fourth-order valence-electron chi connectivity index (χ4n) is 7.16. The Bertz CT molecular complexity index is 1510. The van der Waals surface area contributed by atoms with E-state index in [-0.39, 0.29) is 47.7 Å². The van der Waals surface area contributed by atoms with Crippen LogP contribution in [0.1, 0.15) is 49.7 Å². The molecular formula is C33H43ClN6O8. The van der Waals surface area contributed by atoms with E-state index in [1.807, 2.05) is 0 Å². The number of guanidine groups is 1. The Morgan fingerprint density at radius 1 is 1.00 bits per heavy atom. The molecule has 8 atom stereocenters. The molecule has 48 heavy (non-hydrogen) atoms. The van der Waals surface area contributed by atoms with Gasteiger partial charge in [-0.1, -0.05) is 29.8 Å². The summed E-state index contributed by atoms with van der Waals surface area (Å²) < 4.78 is 0. The minimum absolute atomic E-state index is 0.0113. The number of phenolic OH excluding ortho intramolecular Hbond substituents is 2. The Morgan fingerprint density at radius 2 is 1.71 bits per heavy atom. The van der Waals surface area contributed by atoms with Gasteiger partial charge < -0.3 is 51.7 Å². The van der Waals surface area contributed by atoms with Crippen LogP contribution in [0.15, 0.2) is 42.5 Å². The highest BCUT2D eigenvalue weighted by Crippen LogP contribution is 2.40. The van der Waals surface area contributed by atoms with Crippen molar-refractivity contribution in [1.29, 1.82) is 5.41 Å². The Kier molecular flexibility index (Phi) is 11.0. The molecule has 14 nitrogen and oxygen atoms in total. The van der Waals surface area contributed by atoms with Gasteiger partial charge in [0.25, 0.3) is 0 Å². The first-order valence-corrected chi connectivity index (χ1v) is 16.5. The average molecular weight is 687 g/mol.